The molecule has 6 heteroatoms. The van der Waals surface area contributed by atoms with Crippen LogP contribution in [0.25, 0.3) is 17.0 Å². The summed E-state index contributed by atoms with van der Waals surface area (Å²) in [6, 6.07) is 8.39. The Hall–Kier alpha value is -2.76. The molecule has 3 heterocycles. The van der Waals surface area contributed by atoms with Crippen molar-refractivity contribution in [3.8, 4) is 11.3 Å². The second kappa shape index (κ2) is 6.52. The zero-order valence-electron chi connectivity index (χ0n) is 14.9. The van der Waals surface area contributed by atoms with Crippen LogP contribution in [0.3, 0.4) is 0 Å². The van der Waals surface area contributed by atoms with Crippen LogP contribution >= 0.6 is 0 Å². The van der Waals surface area contributed by atoms with Gasteiger partial charge < -0.3 is 4.90 Å². The first-order valence-electron chi connectivity index (χ1n) is 8.91. The van der Waals surface area contributed by atoms with Gasteiger partial charge in [-0.1, -0.05) is 13.8 Å². The summed E-state index contributed by atoms with van der Waals surface area (Å²) in [6.07, 6.45) is 4.45. The molecule has 0 radical (unpaired) electrons. The Kier molecular flexibility index (Phi) is 4.18. The molecule has 0 aliphatic carbocycles. The first-order valence-corrected chi connectivity index (χ1v) is 8.91. The maximum Gasteiger partial charge on any atom is 0.234 e. The number of carbonyl (C=O) groups is 1. The zero-order valence-corrected chi connectivity index (χ0v) is 14.9. The smallest absolute Gasteiger partial charge is 0.234 e. The fourth-order valence-corrected chi connectivity index (χ4v) is 3.65. The van der Waals surface area contributed by atoms with E-state index in [1.54, 1.807) is 24.5 Å². The lowest BCUT2D eigenvalue weighted by atomic mass is 10.0. The van der Waals surface area contributed by atoms with Gasteiger partial charge in [-0.3, -0.25) is 9.20 Å². The maximum absolute atomic E-state index is 13.3. The molecule has 1 aliphatic heterocycles. The molecule has 0 unspecified atom stereocenters. The molecule has 1 amide bonds. The predicted molar refractivity (Wildman–Crippen MR) is 97.2 cm³/mol. The molecule has 0 spiro atoms. The van der Waals surface area contributed by atoms with Gasteiger partial charge in [-0.25, -0.2) is 14.4 Å². The van der Waals surface area contributed by atoms with Crippen LogP contribution in [0.1, 0.15) is 31.9 Å². The Bertz CT molecular complexity index is 948. The van der Waals surface area contributed by atoms with Gasteiger partial charge in [0, 0.05) is 42.4 Å². The van der Waals surface area contributed by atoms with Crippen LogP contribution in [0.15, 0.2) is 42.7 Å². The summed E-state index contributed by atoms with van der Waals surface area (Å²) in [5, 5.41) is 0. The minimum atomic E-state index is -0.264. The molecule has 1 aromatic carbocycles. The number of carbonyl (C=O) groups excluding carboxylic acids is 1. The average Bonchev–Trinajstić information content (AvgIpc) is 3.29. The molecule has 4 rings (SSSR count). The molecule has 0 N–H and O–H groups in total. The quantitative estimate of drug-likeness (QED) is 0.725. The number of halogens is 1. The Morgan fingerprint density at radius 3 is 2.69 bits per heavy atom. The molecular formula is C20H21FN4O. The van der Waals surface area contributed by atoms with Crippen molar-refractivity contribution in [1.82, 2.24) is 19.3 Å². The van der Waals surface area contributed by atoms with E-state index in [0.717, 1.165) is 29.9 Å². The van der Waals surface area contributed by atoms with Crippen LogP contribution in [0.2, 0.25) is 0 Å². The lowest BCUT2D eigenvalue weighted by Gasteiger charge is -2.19. The van der Waals surface area contributed by atoms with Gasteiger partial charge in [0.15, 0.2) is 0 Å². The van der Waals surface area contributed by atoms with Crippen LogP contribution in [0.5, 0.6) is 0 Å². The summed E-state index contributed by atoms with van der Waals surface area (Å²) in [7, 11) is 0. The minimum absolute atomic E-state index is 0.00855. The van der Waals surface area contributed by atoms with Crippen molar-refractivity contribution in [2.75, 3.05) is 13.1 Å². The third-order valence-electron chi connectivity index (χ3n) is 4.99. The Morgan fingerprint density at radius 1 is 1.19 bits per heavy atom. The summed E-state index contributed by atoms with van der Waals surface area (Å²) < 4.78 is 15.3. The number of amides is 1. The van der Waals surface area contributed by atoms with E-state index in [-0.39, 0.29) is 23.6 Å². The largest absolute Gasteiger partial charge is 0.342 e. The number of nitrogens with zero attached hydrogens (tertiary/aromatic N) is 4. The van der Waals surface area contributed by atoms with Gasteiger partial charge in [-0.05, 0) is 36.8 Å². The number of fused-ring (bicyclic) bond motifs is 1. The van der Waals surface area contributed by atoms with Gasteiger partial charge in [0.05, 0.1) is 11.9 Å². The third-order valence-corrected chi connectivity index (χ3v) is 4.99. The predicted octanol–water partition coefficient (Wildman–Crippen LogP) is 3.51. The van der Waals surface area contributed by atoms with E-state index in [4.69, 9.17) is 0 Å². The molecule has 1 aliphatic rings. The van der Waals surface area contributed by atoms with Crippen LogP contribution in [0, 0.1) is 11.7 Å². The van der Waals surface area contributed by atoms with Crippen LogP contribution in [-0.4, -0.2) is 38.3 Å². The van der Waals surface area contributed by atoms with Crippen molar-refractivity contribution in [3.63, 3.8) is 0 Å². The van der Waals surface area contributed by atoms with Gasteiger partial charge in [-0.15, -0.1) is 0 Å². The molecule has 1 fully saturated rings. The highest BCUT2D eigenvalue weighted by Gasteiger charge is 2.30. The molecule has 0 bridgehead atoms. The van der Waals surface area contributed by atoms with Crippen LogP contribution in [0.4, 0.5) is 4.39 Å². The van der Waals surface area contributed by atoms with Crippen molar-refractivity contribution >= 4 is 11.7 Å². The lowest BCUT2D eigenvalue weighted by molar-refractivity contribution is -0.133. The maximum atomic E-state index is 13.3. The van der Waals surface area contributed by atoms with E-state index in [9.17, 15) is 9.18 Å². The van der Waals surface area contributed by atoms with Crippen molar-refractivity contribution < 1.29 is 9.18 Å². The van der Waals surface area contributed by atoms with Gasteiger partial charge in [-0.2, -0.15) is 0 Å². The minimum Gasteiger partial charge on any atom is -0.342 e. The number of rotatable bonds is 3. The normalized spacial score (nSPS) is 17.4. The molecule has 26 heavy (non-hydrogen) atoms. The topological polar surface area (TPSA) is 50.5 Å². The van der Waals surface area contributed by atoms with Gasteiger partial charge in [0.2, 0.25) is 11.7 Å². The lowest BCUT2D eigenvalue weighted by Crippen LogP contribution is -2.32. The Balaban J connectivity index is 1.73. The molecule has 0 saturated carbocycles. The fourth-order valence-electron chi connectivity index (χ4n) is 3.65. The van der Waals surface area contributed by atoms with Crippen LogP contribution in [-0.2, 0) is 4.79 Å². The van der Waals surface area contributed by atoms with E-state index < -0.39 is 0 Å². The molecule has 5 nitrogen and oxygen atoms in total. The van der Waals surface area contributed by atoms with Gasteiger partial charge in [0.1, 0.15) is 5.82 Å². The molecule has 134 valence electrons. The number of likely N-dealkylation sites (tertiary alicyclic amines) is 1. The summed E-state index contributed by atoms with van der Waals surface area (Å²) >= 11 is 0. The first kappa shape index (κ1) is 16.7. The summed E-state index contributed by atoms with van der Waals surface area (Å²) in [5.41, 5.74) is 2.86. The van der Waals surface area contributed by atoms with Crippen molar-refractivity contribution in [2.24, 2.45) is 5.92 Å². The van der Waals surface area contributed by atoms with Crippen molar-refractivity contribution in [2.45, 2.75) is 26.2 Å². The highest BCUT2D eigenvalue weighted by atomic mass is 19.1. The number of aromatic nitrogens is 3. The standard InChI is InChI=1S/C20H21FN4O/c1-13(2)19(26)24-10-8-15(12-24)17-7-9-22-20-23-11-18(25(17)20)14-3-5-16(21)6-4-14/h3-7,9,11,13,15H,8,10,12H2,1-2H3/t15-/m0/s1. The number of imidazole rings is 1. The second-order valence-corrected chi connectivity index (χ2v) is 7.08. The van der Waals surface area contributed by atoms with Gasteiger partial charge in [0.25, 0.3) is 0 Å². The Labute approximate surface area is 151 Å². The highest BCUT2D eigenvalue weighted by molar-refractivity contribution is 5.78. The molecule has 2 aromatic heterocycles. The second-order valence-electron chi connectivity index (χ2n) is 7.08. The van der Waals surface area contributed by atoms with Crippen molar-refractivity contribution in [3.05, 3.63) is 54.2 Å². The zero-order chi connectivity index (χ0) is 18.3. The number of hydrogen-bond donors (Lipinski definition) is 0. The first-order chi connectivity index (χ1) is 12.5. The summed E-state index contributed by atoms with van der Waals surface area (Å²) in [4.78, 5) is 23.0. The summed E-state index contributed by atoms with van der Waals surface area (Å²) in [6.45, 7) is 5.34. The number of hydrogen-bond acceptors (Lipinski definition) is 3. The fraction of sp³-hybridized carbons (Fsp3) is 0.350. The van der Waals surface area contributed by atoms with E-state index >= 15 is 0 Å². The molecule has 3 aromatic rings. The number of benzene rings is 1. The van der Waals surface area contributed by atoms with Crippen LogP contribution < -0.4 is 0 Å². The Morgan fingerprint density at radius 2 is 1.96 bits per heavy atom. The molecular weight excluding hydrogens is 331 g/mol. The van der Waals surface area contributed by atoms with E-state index in [1.165, 1.54) is 12.1 Å². The highest BCUT2D eigenvalue weighted by Crippen LogP contribution is 2.31. The van der Waals surface area contributed by atoms with E-state index in [1.807, 2.05) is 29.2 Å². The van der Waals surface area contributed by atoms with Gasteiger partial charge >= 0.3 is 0 Å². The van der Waals surface area contributed by atoms with Crippen molar-refractivity contribution in [1.29, 1.82) is 0 Å². The third kappa shape index (κ3) is 2.85. The van der Waals surface area contributed by atoms with E-state index in [2.05, 4.69) is 9.97 Å². The molecule has 1 saturated heterocycles. The average molecular weight is 352 g/mol. The molecule has 1 atom stereocenters. The summed E-state index contributed by atoms with van der Waals surface area (Å²) in [5.74, 6) is 0.794. The van der Waals surface area contributed by atoms with E-state index in [0.29, 0.717) is 12.3 Å². The monoisotopic (exact) mass is 352 g/mol. The SMILES string of the molecule is CC(C)C(=O)N1CC[C@H](c2ccnc3ncc(-c4ccc(F)cc4)n23)C1.